The van der Waals surface area contributed by atoms with Gasteiger partial charge in [-0.25, -0.2) is 9.97 Å². The average molecular weight is 374 g/mol. The van der Waals surface area contributed by atoms with Crippen LogP contribution in [0.3, 0.4) is 0 Å². The molecule has 0 radical (unpaired) electrons. The number of carbonyl (C=O) groups excluding carboxylic acids is 1. The monoisotopic (exact) mass is 374 g/mol. The first-order valence-corrected chi connectivity index (χ1v) is 9.34. The molecule has 0 saturated carbocycles. The highest BCUT2D eigenvalue weighted by Crippen LogP contribution is 2.16. The number of amides is 1. The van der Waals surface area contributed by atoms with Crippen molar-refractivity contribution in [1.29, 1.82) is 0 Å². The molecule has 1 amide bonds. The fourth-order valence-electron chi connectivity index (χ4n) is 3.19. The van der Waals surface area contributed by atoms with E-state index >= 15 is 0 Å². The zero-order valence-electron chi connectivity index (χ0n) is 15.5. The van der Waals surface area contributed by atoms with Gasteiger partial charge in [-0.1, -0.05) is 24.3 Å². The molecule has 7 heteroatoms. The van der Waals surface area contributed by atoms with Crippen molar-refractivity contribution in [3.05, 3.63) is 78.5 Å². The number of para-hydroxylation sites is 1. The molecule has 0 spiro atoms. The summed E-state index contributed by atoms with van der Waals surface area (Å²) in [6.45, 7) is 3.59. The van der Waals surface area contributed by atoms with E-state index in [0.29, 0.717) is 31.1 Å². The van der Waals surface area contributed by atoms with Gasteiger partial charge in [-0.05, 0) is 23.8 Å². The Morgan fingerprint density at radius 2 is 1.75 bits per heavy atom. The van der Waals surface area contributed by atoms with Crippen molar-refractivity contribution in [2.45, 2.75) is 6.54 Å². The van der Waals surface area contributed by atoms with Gasteiger partial charge in [0.1, 0.15) is 11.5 Å². The third-order valence-electron chi connectivity index (χ3n) is 4.76. The number of nitrogens with one attached hydrogen (secondary N) is 1. The molecule has 0 aliphatic carbocycles. The van der Waals surface area contributed by atoms with Gasteiger partial charge in [0.05, 0.1) is 12.4 Å². The molecule has 1 aliphatic rings. The highest BCUT2D eigenvalue weighted by molar-refractivity contribution is 5.92. The lowest BCUT2D eigenvalue weighted by Crippen LogP contribution is -2.49. The molecule has 1 aliphatic heterocycles. The van der Waals surface area contributed by atoms with Crippen molar-refractivity contribution >= 4 is 17.4 Å². The first-order valence-electron chi connectivity index (χ1n) is 9.34. The van der Waals surface area contributed by atoms with Gasteiger partial charge in [0.25, 0.3) is 5.91 Å². The molecule has 1 saturated heterocycles. The second kappa shape index (κ2) is 8.47. The zero-order chi connectivity index (χ0) is 19.2. The van der Waals surface area contributed by atoms with E-state index in [9.17, 15) is 4.79 Å². The van der Waals surface area contributed by atoms with E-state index in [1.807, 2.05) is 35.2 Å². The van der Waals surface area contributed by atoms with Crippen LogP contribution in [-0.2, 0) is 6.54 Å². The molecule has 0 atom stereocenters. The van der Waals surface area contributed by atoms with E-state index in [0.717, 1.165) is 18.7 Å². The van der Waals surface area contributed by atoms with Crippen molar-refractivity contribution in [2.24, 2.45) is 0 Å². The van der Waals surface area contributed by atoms with Crippen LogP contribution in [0.25, 0.3) is 0 Å². The Balaban J connectivity index is 1.31. The van der Waals surface area contributed by atoms with Crippen molar-refractivity contribution in [3.8, 4) is 0 Å². The Hall–Kier alpha value is -3.48. The summed E-state index contributed by atoms with van der Waals surface area (Å²) in [4.78, 5) is 29.5. The van der Waals surface area contributed by atoms with E-state index in [1.165, 1.54) is 11.9 Å². The van der Waals surface area contributed by atoms with Gasteiger partial charge in [-0.2, -0.15) is 0 Å². The summed E-state index contributed by atoms with van der Waals surface area (Å²) in [5.74, 6) is 0.563. The summed E-state index contributed by atoms with van der Waals surface area (Å²) in [5.41, 5.74) is 2.62. The Bertz CT molecular complexity index is 893. The molecule has 142 valence electrons. The Morgan fingerprint density at radius 1 is 0.929 bits per heavy atom. The molecule has 3 heterocycles. The van der Waals surface area contributed by atoms with E-state index in [1.54, 1.807) is 18.6 Å². The van der Waals surface area contributed by atoms with E-state index in [4.69, 9.17) is 0 Å². The van der Waals surface area contributed by atoms with Crippen molar-refractivity contribution < 1.29 is 4.79 Å². The summed E-state index contributed by atoms with van der Waals surface area (Å²) < 4.78 is 0. The van der Waals surface area contributed by atoms with Gasteiger partial charge < -0.3 is 15.1 Å². The molecule has 7 nitrogen and oxygen atoms in total. The quantitative estimate of drug-likeness (QED) is 0.739. The molecule has 3 aromatic rings. The Kier molecular flexibility index (Phi) is 5.42. The maximum absolute atomic E-state index is 12.7. The molecule has 0 bridgehead atoms. The number of rotatable bonds is 5. The number of aromatic nitrogens is 3. The smallest absolute Gasteiger partial charge is 0.274 e. The van der Waals surface area contributed by atoms with Gasteiger partial charge >= 0.3 is 0 Å². The first kappa shape index (κ1) is 17.9. The summed E-state index contributed by atoms with van der Waals surface area (Å²) in [7, 11) is 0. The number of nitrogens with zero attached hydrogens (tertiary/aromatic N) is 5. The van der Waals surface area contributed by atoms with Crippen LogP contribution in [0.1, 0.15) is 16.1 Å². The molecule has 4 rings (SSSR count). The molecule has 1 aromatic carbocycles. The SMILES string of the molecule is O=C(c1cnc(NCc2cccnc2)cn1)N1CCN(c2ccccc2)CC1. The van der Waals surface area contributed by atoms with Gasteiger partial charge in [-0.15, -0.1) is 0 Å². The number of anilines is 2. The second-order valence-electron chi connectivity index (χ2n) is 6.62. The van der Waals surface area contributed by atoms with Crippen LogP contribution in [-0.4, -0.2) is 51.9 Å². The minimum Gasteiger partial charge on any atom is -0.368 e. The molecule has 0 unspecified atom stereocenters. The molecule has 1 N–H and O–H groups in total. The molecule has 1 fully saturated rings. The molecular formula is C21H22N6O. The highest BCUT2D eigenvalue weighted by atomic mass is 16.2. The fourth-order valence-corrected chi connectivity index (χ4v) is 3.19. The van der Waals surface area contributed by atoms with Crippen LogP contribution >= 0.6 is 0 Å². The van der Waals surface area contributed by atoms with Crippen molar-refractivity contribution in [2.75, 3.05) is 36.4 Å². The summed E-state index contributed by atoms with van der Waals surface area (Å²) >= 11 is 0. The second-order valence-corrected chi connectivity index (χ2v) is 6.62. The molecular weight excluding hydrogens is 352 g/mol. The third-order valence-corrected chi connectivity index (χ3v) is 4.76. The van der Waals surface area contributed by atoms with Gasteiger partial charge in [0, 0.05) is 50.8 Å². The Morgan fingerprint density at radius 3 is 2.43 bits per heavy atom. The van der Waals surface area contributed by atoms with Gasteiger partial charge in [0.15, 0.2) is 0 Å². The summed E-state index contributed by atoms with van der Waals surface area (Å²) in [6, 6.07) is 14.2. The summed E-state index contributed by atoms with van der Waals surface area (Å²) in [6.07, 6.45) is 6.68. The van der Waals surface area contributed by atoms with E-state index in [2.05, 4.69) is 37.3 Å². The van der Waals surface area contributed by atoms with Gasteiger partial charge in [-0.3, -0.25) is 9.78 Å². The minimum absolute atomic E-state index is 0.0704. The van der Waals surface area contributed by atoms with Crippen LogP contribution in [0.2, 0.25) is 0 Å². The van der Waals surface area contributed by atoms with Crippen LogP contribution in [0.15, 0.2) is 67.3 Å². The average Bonchev–Trinajstić information content (AvgIpc) is 2.79. The first-order chi connectivity index (χ1) is 13.8. The number of pyridine rings is 1. The van der Waals surface area contributed by atoms with Crippen LogP contribution in [0.4, 0.5) is 11.5 Å². The third kappa shape index (κ3) is 4.25. The predicted octanol–water partition coefficient (Wildman–Crippen LogP) is 2.45. The predicted molar refractivity (Wildman–Crippen MR) is 108 cm³/mol. The van der Waals surface area contributed by atoms with Crippen molar-refractivity contribution in [3.63, 3.8) is 0 Å². The largest absolute Gasteiger partial charge is 0.368 e. The standard InChI is InChI=1S/C21H22N6O/c28-21(27-11-9-26(10-12-27)18-6-2-1-3-7-18)19-15-25-20(16-23-19)24-14-17-5-4-8-22-13-17/h1-8,13,15-16H,9-12,14H2,(H,24,25). The number of benzene rings is 1. The van der Waals surface area contributed by atoms with E-state index < -0.39 is 0 Å². The van der Waals surface area contributed by atoms with Crippen LogP contribution in [0.5, 0.6) is 0 Å². The Labute approximate surface area is 164 Å². The number of hydrogen-bond donors (Lipinski definition) is 1. The van der Waals surface area contributed by atoms with Crippen molar-refractivity contribution in [1.82, 2.24) is 19.9 Å². The number of carbonyl (C=O) groups is 1. The van der Waals surface area contributed by atoms with Crippen LogP contribution < -0.4 is 10.2 Å². The molecule has 28 heavy (non-hydrogen) atoms. The van der Waals surface area contributed by atoms with E-state index in [-0.39, 0.29) is 5.91 Å². The number of piperazine rings is 1. The topological polar surface area (TPSA) is 74.2 Å². The van der Waals surface area contributed by atoms with Gasteiger partial charge in [0.2, 0.25) is 0 Å². The lowest BCUT2D eigenvalue weighted by Gasteiger charge is -2.35. The lowest BCUT2D eigenvalue weighted by molar-refractivity contribution is 0.0740. The number of hydrogen-bond acceptors (Lipinski definition) is 6. The maximum Gasteiger partial charge on any atom is 0.274 e. The summed E-state index contributed by atoms with van der Waals surface area (Å²) in [5, 5.41) is 3.19. The normalized spacial score (nSPS) is 14.0. The lowest BCUT2D eigenvalue weighted by atomic mass is 10.2. The molecule has 2 aromatic heterocycles. The maximum atomic E-state index is 12.7. The zero-order valence-corrected chi connectivity index (χ0v) is 15.5. The highest BCUT2D eigenvalue weighted by Gasteiger charge is 2.23. The fraction of sp³-hybridized carbons (Fsp3) is 0.238. The van der Waals surface area contributed by atoms with Crippen LogP contribution in [0, 0.1) is 0 Å². The minimum atomic E-state index is -0.0704.